The smallest absolute Gasteiger partial charge is 0.508 e. The van der Waals surface area contributed by atoms with E-state index in [2.05, 4.69) is 255 Å². The molecule has 730 valence electrons. The number of allylic oxidation sites excluding steroid dienone is 3. The van der Waals surface area contributed by atoms with Crippen LogP contribution in [0.5, 0.6) is 0 Å². The molecule has 0 saturated heterocycles. The maximum absolute atomic E-state index is 8.56. The largest absolute Gasteiger partial charge is 3.00 e. The Morgan fingerprint density at radius 3 is 0.861 bits per heavy atom. The van der Waals surface area contributed by atoms with Gasteiger partial charge in [0, 0.05) is 35.7 Å². The molecule has 12 aromatic rings. The van der Waals surface area contributed by atoms with Crippen molar-refractivity contribution >= 4 is 49.4 Å². The second kappa shape index (κ2) is 55.8. The molecule has 6 atom stereocenters. The molecule has 4 fully saturated rings. The minimum atomic E-state index is -0.375. The van der Waals surface area contributed by atoms with E-state index in [4.69, 9.17) is 30.6 Å². The average molecular weight is 2380 g/mol. The van der Waals surface area contributed by atoms with Gasteiger partial charge in [0.15, 0.2) is 0 Å². The number of fused-ring (bicyclic) bond motifs is 3. The van der Waals surface area contributed by atoms with Gasteiger partial charge in [-0.1, -0.05) is 134 Å². The summed E-state index contributed by atoms with van der Waals surface area (Å²) >= 11 is 0. The van der Waals surface area contributed by atoms with Crippen molar-refractivity contribution in [2.75, 3.05) is 35.8 Å². The van der Waals surface area contributed by atoms with Gasteiger partial charge in [0.2, 0.25) is 0 Å². The summed E-state index contributed by atoms with van der Waals surface area (Å²) in [6, 6.07) is 98.8. The van der Waals surface area contributed by atoms with Crippen LogP contribution >= 0.6 is 0 Å². The molecule has 0 bridgehead atoms. The molecule has 4 saturated carbocycles. The molecule has 4 aliphatic carbocycles. The molecular weight excluding hydrogens is 2230 g/mol. The summed E-state index contributed by atoms with van der Waals surface area (Å²) in [6.45, 7) is 31.0. The summed E-state index contributed by atoms with van der Waals surface area (Å²) in [5.41, 5.74) is 15.9. The molecule has 18 heteroatoms. The standard InChI is InChI=1S/C21H28N2.C20H28N2.C18H24N2.3C15H10N.3C5H12O2.3Ir/c1-22-17-23(19-8-4-2-5-9-19)16-20(22)18-10-14-21(15-11-18)12-6-3-7-13-21;1-19(2)11-16(12-20(3,4)14-19)18-13-22(15-21(18)5)17-9-7-6-8-10-17;1-18(2)11-9-15(10-12-18)17-13-20(14-19(17)3)16-7-5-4-6-8-16;3*1-2-7-13(8-3-1)15-14-9-5-4-6-12(14)10-11-16-15;3*1-4(6)3-5(2)7;;;/h2,4-5,8,16-18H,3,6-7,10-15H2,1H3;6-9,13,15-16H,11-12,14H2,1-5H3;4-7,13-15H,9-12H2,1-3H3;3*1-7,9-11H;3*4-7H,3H2,1-2H3;;;/q3*-2;3*-1;;;;3*+3. The van der Waals surface area contributed by atoms with Gasteiger partial charge in [-0.2, -0.15) is 111 Å². The third kappa shape index (κ3) is 35.6. The second-order valence-corrected chi connectivity index (χ2v) is 40.0. The Labute approximate surface area is 861 Å². The minimum absolute atomic E-state index is 0. The van der Waals surface area contributed by atoms with Crippen molar-refractivity contribution in [1.29, 1.82) is 0 Å². The van der Waals surface area contributed by atoms with Crippen LogP contribution in [0.3, 0.4) is 0 Å². The number of pyridine rings is 3. The van der Waals surface area contributed by atoms with Crippen molar-refractivity contribution in [1.82, 2.24) is 29.7 Å². The zero-order valence-corrected chi connectivity index (χ0v) is 90.2. The number of aliphatic hydroxyl groups excluding tert-OH is 6. The Balaban J connectivity index is 0.000000194. The van der Waals surface area contributed by atoms with E-state index in [1.807, 2.05) is 182 Å². The van der Waals surface area contributed by atoms with Crippen molar-refractivity contribution in [2.45, 2.75) is 242 Å². The van der Waals surface area contributed by atoms with Gasteiger partial charge < -0.3 is 75.0 Å². The summed E-state index contributed by atoms with van der Waals surface area (Å²) in [5.74, 6) is 2.07. The molecular formula is C119H146Ir3N9O6. The number of aliphatic hydroxyl groups is 6. The predicted octanol–water partition coefficient (Wildman–Crippen LogP) is 26.3. The van der Waals surface area contributed by atoms with Crippen LogP contribution in [0.25, 0.3) is 66.1 Å². The van der Waals surface area contributed by atoms with Crippen molar-refractivity contribution in [3.63, 3.8) is 0 Å². The van der Waals surface area contributed by atoms with Gasteiger partial charge in [0.05, 0.1) is 36.6 Å². The van der Waals surface area contributed by atoms with E-state index in [1.165, 1.54) is 152 Å². The molecule has 15 nitrogen and oxygen atoms in total. The Kier molecular flexibility index (Phi) is 46.1. The fraction of sp³-hybridized carbons (Fsp3) is 0.395. The molecule has 6 unspecified atom stereocenters. The number of nitrogens with zero attached hydrogens (tertiary/aromatic N) is 9. The SMILES string of the molecule is CC(O)CC(C)O.CC(O)CC(C)O.CC(O)CC(C)O.CN1[CH-]N(c2[c-]cccc2)C=C1C1CC(C)(C)CC(C)(C)C1.CN1[CH-]N(c2[c-]cccc2)C=C1C1CCC(C)(C)CC1.CN1[CH-]N(c2[c-]cccc2)C=C1C1CCC2(CCCCC2)CC1.[Ir+3].[Ir+3].[Ir+3].[c-]1ccccc1-c1nccc2ccccc12.[c-]1ccccc1-c1nccc2ccccc12.[c-]1ccccc1-c1nccc2ccccc12. The molecule has 0 amide bonds. The van der Waals surface area contributed by atoms with Crippen LogP contribution in [0.4, 0.5) is 17.1 Å². The molecule has 1 spiro atoms. The van der Waals surface area contributed by atoms with Crippen LogP contribution in [0.1, 0.15) is 205 Å². The van der Waals surface area contributed by atoms with Crippen LogP contribution in [0, 0.1) is 95.8 Å². The monoisotopic (exact) mass is 2380 g/mol. The van der Waals surface area contributed by atoms with Gasteiger partial charge in [-0.25, -0.2) is 0 Å². The first kappa shape index (κ1) is 113. The van der Waals surface area contributed by atoms with Gasteiger partial charge >= 0.3 is 60.3 Å². The van der Waals surface area contributed by atoms with Crippen LogP contribution in [0.15, 0.2) is 291 Å². The van der Waals surface area contributed by atoms with Crippen LogP contribution < -0.4 is 14.7 Å². The van der Waals surface area contributed by atoms with E-state index in [0.29, 0.717) is 52.8 Å². The summed E-state index contributed by atoms with van der Waals surface area (Å²) in [7, 11) is 6.53. The third-order valence-corrected chi connectivity index (χ3v) is 25.9. The quantitative estimate of drug-likeness (QED) is 0.0534. The zero-order chi connectivity index (χ0) is 95.8. The van der Waals surface area contributed by atoms with Crippen LogP contribution in [-0.2, 0) is 60.3 Å². The number of hydrogen-bond donors (Lipinski definition) is 6. The van der Waals surface area contributed by atoms with E-state index >= 15 is 0 Å². The molecule has 3 aromatic heterocycles. The fourth-order valence-corrected chi connectivity index (χ4v) is 20.0. The normalized spacial score (nSPS) is 18.1. The van der Waals surface area contributed by atoms with Crippen molar-refractivity contribution in [3.05, 3.63) is 347 Å². The molecule has 3 aliphatic heterocycles. The molecule has 137 heavy (non-hydrogen) atoms. The van der Waals surface area contributed by atoms with Crippen molar-refractivity contribution in [2.24, 2.45) is 39.4 Å². The molecule has 19 rings (SSSR count). The molecule has 7 aliphatic rings. The van der Waals surface area contributed by atoms with Gasteiger partial charge in [-0.05, 0) is 291 Å². The van der Waals surface area contributed by atoms with E-state index < -0.39 is 0 Å². The molecule has 6 N–H and O–H groups in total. The second-order valence-electron chi connectivity index (χ2n) is 40.0. The summed E-state index contributed by atoms with van der Waals surface area (Å²) < 4.78 is 0. The van der Waals surface area contributed by atoms with E-state index in [9.17, 15) is 0 Å². The summed E-state index contributed by atoms with van der Waals surface area (Å²) in [5, 5.41) is 58.5. The number of benzene rings is 9. The predicted molar refractivity (Wildman–Crippen MR) is 554 cm³/mol. The van der Waals surface area contributed by atoms with Gasteiger partial charge in [-0.15, -0.1) is 125 Å². The summed E-state index contributed by atoms with van der Waals surface area (Å²) in [4.78, 5) is 26.8. The van der Waals surface area contributed by atoms with Crippen molar-refractivity contribution in [3.8, 4) is 33.8 Å². The van der Waals surface area contributed by atoms with Crippen LogP contribution in [0.2, 0.25) is 0 Å². The van der Waals surface area contributed by atoms with Gasteiger partial charge in [0.25, 0.3) is 0 Å². The Hall–Kier alpha value is -9.06. The maximum atomic E-state index is 8.56. The third-order valence-electron chi connectivity index (χ3n) is 25.9. The number of anilines is 3. The number of hydrogen-bond acceptors (Lipinski definition) is 15. The first-order valence-corrected chi connectivity index (χ1v) is 48.4. The average Bonchev–Trinajstić information content (AvgIpc) is 1.66. The summed E-state index contributed by atoms with van der Waals surface area (Å²) in [6.07, 6.45) is 33.8. The zero-order valence-electron chi connectivity index (χ0n) is 83.1. The first-order chi connectivity index (χ1) is 64.3. The number of aromatic nitrogens is 3. The number of para-hydroxylation sites is 3. The fourth-order valence-electron chi connectivity index (χ4n) is 20.0. The molecule has 6 heterocycles. The Bertz CT molecular complexity index is 5190. The topological polar surface area (TPSA) is 179 Å². The number of rotatable bonds is 15. The van der Waals surface area contributed by atoms with Gasteiger partial charge in [-0.3, -0.25) is 0 Å². The Morgan fingerprint density at radius 2 is 0.591 bits per heavy atom. The van der Waals surface area contributed by atoms with Crippen molar-refractivity contribution < 1.29 is 91.0 Å². The van der Waals surface area contributed by atoms with Crippen LogP contribution in [-0.4, -0.2) is 118 Å². The van der Waals surface area contributed by atoms with E-state index in [0.717, 1.165) is 56.8 Å². The van der Waals surface area contributed by atoms with Gasteiger partial charge in [0.1, 0.15) is 0 Å². The Morgan fingerprint density at radius 1 is 0.321 bits per heavy atom. The minimum Gasteiger partial charge on any atom is -0.508 e. The van der Waals surface area contributed by atoms with E-state index in [1.54, 1.807) is 41.5 Å². The molecule has 9 aromatic carbocycles. The maximum Gasteiger partial charge on any atom is 3.00 e. The molecule has 0 radical (unpaired) electrons. The van der Waals surface area contributed by atoms with E-state index in [-0.39, 0.29) is 96.9 Å². The first-order valence-electron chi connectivity index (χ1n) is 48.4.